The Kier molecular flexibility index (Phi) is 4.53. The van der Waals surface area contributed by atoms with E-state index in [2.05, 4.69) is 83.0 Å². The predicted octanol–water partition coefficient (Wildman–Crippen LogP) is 5.11. The minimum atomic E-state index is 0.0256. The van der Waals surface area contributed by atoms with Crippen molar-refractivity contribution in [2.45, 2.75) is 20.0 Å². The van der Waals surface area contributed by atoms with Crippen molar-refractivity contribution < 1.29 is 4.79 Å². The highest BCUT2D eigenvalue weighted by molar-refractivity contribution is 6.08. The molecule has 0 atom stereocenters. The maximum Gasteiger partial charge on any atom is 0.216 e. The van der Waals surface area contributed by atoms with Gasteiger partial charge in [-0.1, -0.05) is 72.8 Å². The second kappa shape index (κ2) is 7.34. The topological polar surface area (TPSA) is 32.3 Å². The Morgan fingerprint density at radius 2 is 1.31 bits per heavy atom. The minimum Gasteiger partial charge on any atom is -0.355 e. The van der Waals surface area contributed by atoms with Crippen LogP contribution in [0.25, 0.3) is 32.7 Å². The molecule has 1 N–H and O–H groups in total. The molecule has 0 saturated heterocycles. The summed E-state index contributed by atoms with van der Waals surface area (Å²) in [6, 6.07) is 26.4. The molecule has 4 aromatic carbocycles. The molecule has 0 bridgehead atoms. The summed E-state index contributed by atoms with van der Waals surface area (Å²) < 4.78 is 0. The summed E-state index contributed by atoms with van der Waals surface area (Å²) in [5.41, 5.74) is 5.41. The van der Waals surface area contributed by atoms with E-state index in [9.17, 15) is 4.79 Å². The molecular formula is C26H24N2O. The van der Waals surface area contributed by atoms with Gasteiger partial charge in [0.15, 0.2) is 0 Å². The fourth-order valence-corrected chi connectivity index (χ4v) is 4.57. The van der Waals surface area contributed by atoms with Crippen molar-refractivity contribution in [1.82, 2.24) is 10.2 Å². The van der Waals surface area contributed by atoms with Crippen LogP contribution < -0.4 is 5.32 Å². The van der Waals surface area contributed by atoms with Crippen molar-refractivity contribution in [3.63, 3.8) is 0 Å². The lowest BCUT2D eigenvalue weighted by Crippen LogP contribution is -2.33. The van der Waals surface area contributed by atoms with Crippen molar-refractivity contribution >= 4 is 27.5 Å². The van der Waals surface area contributed by atoms with Gasteiger partial charge in [-0.2, -0.15) is 0 Å². The number of benzene rings is 4. The molecule has 3 nitrogen and oxygen atoms in total. The highest BCUT2D eigenvalue weighted by Gasteiger charge is 2.22. The van der Waals surface area contributed by atoms with Gasteiger partial charge in [-0.3, -0.25) is 9.69 Å². The lowest BCUT2D eigenvalue weighted by atomic mass is 9.88. The number of nitrogens with one attached hydrogen (secondary N) is 1. The number of carbonyl (C=O) groups excluding carboxylic acids is 1. The molecule has 1 aliphatic heterocycles. The van der Waals surface area contributed by atoms with Crippen LogP contribution in [0.4, 0.5) is 0 Å². The normalized spacial score (nSPS) is 13.7. The first-order valence-electron chi connectivity index (χ1n) is 10.2. The number of carbonyl (C=O) groups is 1. The summed E-state index contributed by atoms with van der Waals surface area (Å²) in [6.07, 6.45) is 0. The third-order valence-electron chi connectivity index (χ3n) is 5.87. The molecular weight excluding hydrogens is 356 g/mol. The molecule has 0 spiro atoms. The highest BCUT2D eigenvalue weighted by atomic mass is 16.1. The first-order valence-corrected chi connectivity index (χ1v) is 10.2. The van der Waals surface area contributed by atoms with Crippen LogP contribution in [0.1, 0.15) is 18.1 Å². The molecule has 0 unspecified atom stereocenters. The van der Waals surface area contributed by atoms with E-state index in [-0.39, 0.29) is 5.91 Å². The van der Waals surface area contributed by atoms with Crippen molar-refractivity contribution in [3.8, 4) is 11.1 Å². The lowest BCUT2D eigenvalue weighted by Gasteiger charge is -2.21. The van der Waals surface area contributed by atoms with Gasteiger partial charge in [-0.15, -0.1) is 0 Å². The van der Waals surface area contributed by atoms with E-state index in [0.29, 0.717) is 6.54 Å². The largest absolute Gasteiger partial charge is 0.355 e. The zero-order valence-electron chi connectivity index (χ0n) is 16.6. The Bertz CT molecular complexity index is 1140. The SMILES string of the molecule is CC(=O)NCCN1Cc2ccc3ccccc3c2-c2c(ccc3ccccc23)C1. The maximum absolute atomic E-state index is 11.3. The van der Waals surface area contributed by atoms with Gasteiger partial charge in [0.25, 0.3) is 0 Å². The molecule has 3 heteroatoms. The van der Waals surface area contributed by atoms with E-state index < -0.39 is 0 Å². The van der Waals surface area contributed by atoms with Crippen molar-refractivity contribution in [2.75, 3.05) is 13.1 Å². The van der Waals surface area contributed by atoms with Crippen LogP contribution in [-0.2, 0) is 17.9 Å². The van der Waals surface area contributed by atoms with E-state index in [1.165, 1.54) is 43.8 Å². The quantitative estimate of drug-likeness (QED) is 0.535. The van der Waals surface area contributed by atoms with E-state index in [1.807, 2.05) is 0 Å². The number of amides is 1. The van der Waals surface area contributed by atoms with Gasteiger partial charge >= 0.3 is 0 Å². The lowest BCUT2D eigenvalue weighted by molar-refractivity contribution is -0.119. The van der Waals surface area contributed by atoms with E-state index in [1.54, 1.807) is 6.92 Å². The van der Waals surface area contributed by atoms with Crippen LogP contribution in [0.15, 0.2) is 72.8 Å². The second-order valence-electron chi connectivity index (χ2n) is 7.84. The van der Waals surface area contributed by atoms with Gasteiger partial charge in [0, 0.05) is 33.1 Å². The minimum absolute atomic E-state index is 0.0256. The molecule has 0 radical (unpaired) electrons. The number of fused-ring (bicyclic) bond motifs is 7. The fourth-order valence-electron chi connectivity index (χ4n) is 4.57. The maximum atomic E-state index is 11.3. The van der Waals surface area contributed by atoms with Crippen molar-refractivity contribution in [1.29, 1.82) is 0 Å². The number of rotatable bonds is 3. The van der Waals surface area contributed by atoms with Crippen LogP contribution in [0.3, 0.4) is 0 Å². The Labute approximate surface area is 171 Å². The van der Waals surface area contributed by atoms with Gasteiger partial charge in [0.05, 0.1) is 0 Å². The Morgan fingerprint density at radius 3 is 1.83 bits per heavy atom. The Balaban J connectivity index is 1.73. The number of hydrogen-bond acceptors (Lipinski definition) is 2. The first kappa shape index (κ1) is 17.9. The molecule has 1 aliphatic rings. The molecule has 29 heavy (non-hydrogen) atoms. The standard InChI is InChI=1S/C26H24N2O/c1-18(29)27-14-15-28-16-21-12-10-19-6-2-4-8-23(19)25(21)26-22(17-28)13-11-20-7-3-5-9-24(20)26/h2-13H,14-17H2,1H3,(H,27,29). The van der Waals surface area contributed by atoms with Crippen molar-refractivity contribution in [2.24, 2.45) is 0 Å². The van der Waals surface area contributed by atoms with Gasteiger partial charge in [0.2, 0.25) is 5.91 Å². The summed E-state index contributed by atoms with van der Waals surface area (Å²) in [6.45, 7) is 4.83. The van der Waals surface area contributed by atoms with E-state index >= 15 is 0 Å². The first-order chi connectivity index (χ1) is 14.2. The third kappa shape index (κ3) is 3.28. The average Bonchev–Trinajstić information content (AvgIpc) is 2.90. The summed E-state index contributed by atoms with van der Waals surface area (Å²) in [5, 5.41) is 8.11. The molecule has 0 aromatic heterocycles. The molecule has 0 saturated carbocycles. The van der Waals surface area contributed by atoms with Crippen molar-refractivity contribution in [3.05, 3.63) is 83.9 Å². The summed E-state index contributed by atoms with van der Waals surface area (Å²) in [7, 11) is 0. The molecule has 1 heterocycles. The fraction of sp³-hybridized carbons (Fsp3) is 0.192. The van der Waals surface area contributed by atoms with Gasteiger partial charge in [0.1, 0.15) is 0 Å². The highest BCUT2D eigenvalue weighted by Crippen LogP contribution is 2.41. The van der Waals surface area contributed by atoms with Gasteiger partial charge in [-0.05, 0) is 43.8 Å². The summed E-state index contributed by atoms with van der Waals surface area (Å²) >= 11 is 0. The smallest absolute Gasteiger partial charge is 0.216 e. The number of nitrogens with zero attached hydrogens (tertiary/aromatic N) is 1. The van der Waals surface area contributed by atoms with Crippen LogP contribution in [-0.4, -0.2) is 23.9 Å². The zero-order valence-corrected chi connectivity index (χ0v) is 16.6. The summed E-state index contributed by atoms with van der Waals surface area (Å²) in [5.74, 6) is 0.0256. The molecule has 4 aromatic rings. The van der Waals surface area contributed by atoms with E-state index in [4.69, 9.17) is 0 Å². The summed E-state index contributed by atoms with van der Waals surface area (Å²) in [4.78, 5) is 13.7. The Hall–Kier alpha value is -3.17. The average molecular weight is 380 g/mol. The van der Waals surface area contributed by atoms with Crippen LogP contribution >= 0.6 is 0 Å². The second-order valence-corrected chi connectivity index (χ2v) is 7.84. The number of hydrogen-bond donors (Lipinski definition) is 1. The van der Waals surface area contributed by atoms with Gasteiger partial charge < -0.3 is 5.32 Å². The predicted molar refractivity (Wildman–Crippen MR) is 120 cm³/mol. The molecule has 0 fully saturated rings. The Morgan fingerprint density at radius 1 is 0.793 bits per heavy atom. The van der Waals surface area contributed by atoms with Gasteiger partial charge in [-0.25, -0.2) is 0 Å². The molecule has 0 aliphatic carbocycles. The van der Waals surface area contributed by atoms with Crippen LogP contribution in [0.2, 0.25) is 0 Å². The molecule has 5 rings (SSSR count). The monoisotopic (exact) mass is 380 g/mol. The third-order valence-corrected chi connectivity index (χ3v) is 5.87. The zero-order chi connectivity index (χ0) is 19.8. The van der Waals surface area contributed by atoms with Crippen LogP contribution in [0.5, 0.6) is 0 Å². The van der Waals surface area contributed by atoms with Crippen LogP contribution in [0, 0.1) is 0 Å². The molecule has 144 valence electrons. The molecule has 1 amide bonds. The van der Waals surface area contributed by atoms with E-state index in [0.717, 1.165) is 19.6 Å².